The van der Waals surface area contributed by atoms with Gasteiger partial charge in [-0.25, -0.2) is 4.39 Å². The largest absolute Gasteiger partial charge is 0.495 e. The Bertz CT molecular complexity index is 1720. The summed E-state index contributed by atoms with van der Waals surface area (Å²) < 4.78 is 57.5. The van der Waals surface area contributed by atoms with E-state index in [0.29, 0.717) is 27.6 Å². The lowest BCUT2D eigenvalue weighted by molar-refractivity contribution is 0.385. The minimum atomic E-state index is -3.95. The molecule has 3 heterocycles. The van der Waals surface area contributed by atoms with E-state index in [9.17, 15) is 13.2 Å². The van der Waals surface area contributed by atoms with Crippen molar-refractivity contribution in [2.45, 2.75) is 13.0 Å². The summed E-state index contributed by atoms with van der Waals surface area (Å²) in [4.78, 5) is 13.1. The molecule has 5 rings (SSSR count). The number of benzene rings is 2. The van der Waals surface area contributed by atoms with Crippen LogP contribution in [0.15, 0.2) is 65.6 Å². The molecule has 202 valence electrons. The molecule has 0 aliphatic carbocycles. The van der Waals surface area contributed by atoms with E-state index >= 15 is 4.39 Å². The standard InChI is InChI=1S/C26H23ClFN5O5S/c1-37-23-13-18(17-5-3-6-19(27)26(17)38-2)20(28)14-22(23)33-21-10-12-32(15-16(21)8-9-25(33)34)39(35,36)31-24-7-4-11-29-30-24/h3-9,11,13-14H,10,12,15H2,1-2H3,(H,30,31). The summed E-state index contributed by atoms with van der Waals surface area (Å²) in [5.41, 5.74) is 1.53. The summed E-state index contributed by atoms with van der Waals surface area (Å²) in [6.45, 7) is 0.0719. The molecule has 10 nitrogen and oxygen atoms in total. The van der Waals surface area contributed by atoms with Crippen LogP contribution in [-0.4, -0.2) is 48.3 Å². The molecule has 2 aromatic carbocycles. The summed E-state index contributed by atoms with van der Waals surface area (Å²) >= 11 is 6.24. The molecule has 0 atom stereocenters. The SMILES string of the molecule is COc1cc(-c2cccc(Cl)c2OC)c(F)cc1-n1c2c(ccc1=O)CN(S(=O)(=O)Nc1cccnn1)CC2. The van der Waals surface area contributed by atoms with Crippen LogP contribution in [-0.2, 0) is 23.2 Å². The second-order valence-electron chi connectivity index (χ2n) is 8.60. The van der Waals surface area contributed by atoms with Crippen molar-refractivity contribution >= 4 is 27.6 Å². The highest BCUT2D eigenvalue weighted by Crippen LogP contribution is 2.40. The maximum atomic E-state index is 15.6. The molecule has 1 N–H and O–H groups in total. The lowest BCUT2D eigenvalue weighted by atomic mass is 10.0. The molecule has 1 aliphatic heterocycles. The highest BCUT2D eigenvalue weighted by Gasteiger charge is 2.30. The second kappa shape index (κ2) is 10.6. The van der Waals surface area contributed by atoms with Gasteiger partial charge in [-0.05, 0) is 29.8 Å². The van der Waals surface area contributed by atoms with Crippen molar-refractivity contribution in [1.82, 2.24) is 19.1 Å². The lowest BCUT2D eigenvalue weighted by Gasteiger charge is -2.30. The van der Waals surface area contributed by atoms with Gasteiger partial charge in [-0.15, -0.1) is 5.10 Å². The monoisotopic (exact) mass is 571 g/mol. The van der Waals surface area contributed by atoms with Gasteiger partial charge >= 0.3 is 10.2 Å². The van der Waals surface area contributed by atoms with E-state index in [2.05, 4.69) is 14.9 Å². The predicted octanol–water partition coefficient (Wildman–Crippen LogP) is 3.82. The maximum absolute atomic E-state index is 15.6. The number of hydrogen-bond acceptors (Lipinski definition) is 7. The molecule has 0 unspecified atom stereocenters. The van der Waals surface area contributed by atoms with Crippen LogP contribution in [0.4, 0.5) is 10.2 Å². The first-order chi connectivity index (χ1) is 18.7. The van der Waals surface area contributed by atoms with E-state index in [1.165, 1.54) is 53.6 Å². The Labute approximate surface area is 228 Å². The molecular formula is C26H23ClFN5O5S. The van der Waals surface area contributed by atoms with Crippen molar-refractivity contribution in [1.29, 1.82) is 0 Å². The Morgan fingerprint density at radius 2 is 1.87 bits per heavy atom. The van der Waals surface area contributed by atoms with Crippen molar-refractivity contribution < 1.29 is 22.3 Å². The van der Waals surface area contributed by atoms with Crippen LogP contribution in [0.3, 0.4) is 0 Å². The van der Waals surface area contributed by atoms with E-state index in [4.69, 9.17) is 21.1 Å². The van der Waals surface area contributed by atoms with E-state index < -0.39 is 21.6 Å². The third-order valence-electron chi connectivity index (χ3n) is 6.35. The van der Waals surface area contributed by atoms with Crippen molar-refractivity contribution in [3.8, 4) is 28.3 Å². The first-order valence-electron chi connectivity index (χ1n) is 11.7. The van der Waals surface area contributed by atoms with E-state index in [1.54, 1.807) is 30.3 Å². The third-order valence-corrected chi connectivity index (χ3v) is 8.11. The number of anilines is 1. The number of aromatic nitrogens is 3. The van der Waals surface area contributed by atoms with E-state index in [0.717, 1.165) is 0 Å². The lowest BCUT2D eigenvalue weighted by Crippen LogP contribution is -2.41. The fraction of sp³-hybridized carbons (Fsp3) is 0.192. The van der Waals surface area contributed by atoms with Gasteiger partial charge in [0.1, 0.15) is 17.3 Å². The molecular weight excluding hydrogens is 549 g/mol. The van der Waals surface area contributed by atoms with Crippen LogP contribution in [0.1, 0.15) is 11.3 Å². The topological polar surface area (TPSA) is 116 Å². The minimum absolute atomic E-state index is 0.00615. The van der Waals surface area contributed by atoms with Gasteiger partial charge in [-0.2, -0.15) is 17.8 Å². The molecule has 0 bridgehead atoms. The average Bonchev–Trinajstić information content (AvgIpc) is 2.93. The highest BCUT2D eigenvalue weighted by molar-refractivity contribution is 7.90. The molecule has 39 heavy (non-hydrogen) atoms. The summed E-state index contributed by atoms with van der Waals surface area (Å²) in [6, 6.07) is 13.6. The number of halogens is 2. The van der Waals surface area contributed by atoms with Crippen molar-refractivity contribution in [3.63, 3.8) is 0 Å². The third kappa shape index (κ3) is 5.05. The van der Waals surface area contributed by atoms with Gasteiger partial charge in [-0.1, -0.05) is 29.8 Å². The fourth-order valence-corrected chi connectivity index (χ4v) is 5.97. The maximum Gasteiger partial charge on any atom is 0.303 e. The first kappa shape index (κ1) is 26.6. The smallest absolute Gasteiger partial charge is 0.303 e. The Morgan fingerprint density at radius 3 is 2.59 bits per heavy atom. The zero-order chi connectivity index (χ0) is 27.7. The van der Waals surface area contributed by atoms with Crippen molar-refractivity contribution in [2.75, 3.05) is 25.5 Å². The Morgan fingerprint density at radius 1 is 1.05 bits per heavy atom. The number of methoxy groups -OCH3 is 2. The quantitative estimate of drug-likeness (QED) is 0.358. The predicted molar refractivity (Wildman–Crippen MR) is 144 cm³/mol. The van der Waals surface area contributed by atoms with Crippen LogP contribution in [0.2, 0.25) is 5.02 Å². The number of ether oxygens (including phenoxy) is 2. The molecule has 4 aromatic rings. The van der Waals surface area contributed by atoms with Crippen LogP contribution in [0, 0.1) is 5.82 Å². The van der Waals surface area contributed by atoms with E-state index in [-0.39, 0.29) is 42.3 Å². The van der Waals surface area contributed by atoms with Crippen molar-refractivity contribution in [3.05, 3.63) is 93.2 Å². The first-order valence-corrected chi connectivity index (χ1v) is 13.6. The van der Waals surface area contributed by atoms with Crippen LogP contribution < -0.4 is 19.8 Å². The number of para-hydroxylation sites is 1. The van der Waals surface area contributed by atoms with Crippen LogP contribution >= 0.6 is 11.6 Å². The Kier molecular flexibility index (Phi) is 7.25. The van der Waals surface area contributed by atoms with Gasteiger partial charge in [0.25, 0.3) is 5.56 Å². The average molecular weight is 572 g/mol. The van der Waals surface area contributed by atoms with Gasteiger partial charge in [0.15, 0.2) is 5.82 Å². The zero-order valence-electron chi connectivity index (χ0n) is 20.9. The molecule has 13 heteroatoms. The molecule has 0 saturated carbocycles. The van der Waals surface area contributed by atoms with Crippen LogP contribution in [0.25, 0.3) is 16.8 Å². The van der Waals surface area contributed by atoms with Gasteiger partial charge in [0.05, 0.1) is 24.9 Å². The molecule has 0 saturated heterocycles. The number of hydrogen-bond donors (Lipinski definition) is 1. The molecule has 0 spiro atoms. The zero-order valence-corrected chi connectivity index (χ0v) is 22.5. The molecule has 2 aromatic heterocycles. The van der Waals surface area contributed by atoms with E-state index in [1.807, 2.05) is 0 Å². The molecule has 0 fully saturated rings. The number of rotatable bonds is 7. The van der Waals surface area contributed by atoms with Crippen LogP contribution in [0.5, 0.6) is 11.5 Å². The fourth-order valence-electron chi connectivity index (χ4n) is 4.57. The minimum Gasteiger partial charge on any atom is -0.495 e. The number of pyridine rings is 1. The summed E-state index contributed by atoms with van der Waals surface area (Å²) in [6.07, 6.45) is 1.63. The highest BCUT2D eigenvalue weighted by atomic mass is 35.5. The second-order valence-corrected chi connectivity index (χ2v) is 10.7. The van der Waals surface area contributed by atoms with Gasteiger partial charge in [0, 0.05) is 54.7 Å². The number of nitrogens with one attached hydrogen (secondary N) is 1. The number of nitrogens with zero attached hydrogens (tertiary/aromatic N) is 4. The molecule has 0 radical (unpaired) electrons. The summed E-state index contributed by atoms with van der Waals surface area (Å²) in [7, 11) is -1.09. The van der Waals surface area contributed by atoms with Gasteiger partial charge < -0.3 is 9.47 Å². The van der Waals surface area contributed by atoms with Gasteiger partial charge in [0.2, 0.25) is 0 Å². The Hall–Kier alpha value is -4.00. The molecule has 1 aliphatic rings. The summed E-state index contributed by atoms with van der Waals surface area (Å²) in [5.74, 6) is 0.00998. The summed E-state index contributed by atoms with van der Waals surface area (Å²) in [5, 5.41) is 7.76. The van der Waals surface area contributed by atoms with Crippen molar-refractivity contribution in [2.24, 2.45) is 0 Å². The number of fused-ring (bicyclic) bond motifs is 1. The van der Waals surface area contributed by atoms with Gasteiger partial charge in [-0.3, -0.25) is 14.1 Å². The molecule has 0 amide bonds. The Balaban J connectivity index is 1.55. The normalized spacial score (nSPS) is 13.5.